The van der Waals surface area contributed by atoms with E-state index in [-0.39, 0.29) is 12.2 Å². The van der Waals surface area contributed by atoms with Gasteiger partial charge in [0.25, 0.3) is 0 Å². The van der Waals surface area contributed by atoms with Gasteiger partial charge in [-0.15, -0.1) is 0 Å². The Hall–Kier alpha value is -1.39. The molecule has 1 aliphatic heterocycles. The van der Waals surface area contributed by atoms with Crippen LogP contribution < -0.4 is 5.48 Å². The topological polar surface area (TPSA) is 47.6 Å². The van der Waals surface area contributed by atoms with E-state index in [1.165, 1.54) is 0 Å². The lowest BCUT2D eigenvalue weighted by Crippen LogP contribution is -2.33. The summed E-state index contributed by atoms with van der Waals surface area (Å²) in [5, 5.41) is 0. The van der Waals surface area contributed by atoms with Crippen LogP contribution in [0.25, 0.3) is 0 Å². The van der Waals surface area contributed by atoms with Crippen LogP contribution in [0.4, 0.5) is 0 Å². The summed E-state index contributed by atoms with van der Waals surface area (Å²) >= 11 is 0. The molecule has 1 aromatic rings. The van der Waals surface area contributed by atoms with Gasteiger partial charge in [-0.05, 0) is 24.8 Å². The number of amides is 1. The van der Waals surface area contributed by atoms with E-state index in [4.69, 9.17) is 9.57 Å². The first kappa shape index (κ1) is 13.1. The van der Waals surface area contributed by atoms with Crippen LogP contribution in [0.2, 0.25) is 0 Å². The third kappa shape index (κ3) is 4.47. The fraction of sp³-hybridized carbons (Fsp3) is 0.500. The number of hydrogen-bond acceptors (Lipinski definition) is 3. The molecule has 1 saturated heterocycles. The SMILES string of the molecule is O=C(CCc1ccccc1)NO[C@H]1CCCCO1. The summed E-state index contributed by atoms with van der Waals surface area (Å²) in [7, 11) is 0. The molecule has 4 nitrogen and oxygen atoms in total. The van der Waals surface area contributed by atoms with E-state index in [9.17, 15) is 4.79 Å². The average molecular weight is 249 g/mol. The van der Waals surface area contributed by atoms with Gasteiger partial charge >= 0.3 is 0 Å². The normalized spacial score (nSPS) is 19.4. The lowest BCUT2D eigenvalue weighted by molar-refractivity contribution is -0.200. The predicted molar refractivity (Wildman–Crippen MR) is 67.6 cm³/mol. The van der Waals surface area contributed by atoms with Crippen LogP contribution >= 0.6 is 0 Å². The maximum absolute atomic E-state index is 11.6. The van der Waals surface area contributed by atoms with Gasteiger partial charge in [-0.2, -0.15) is 0 Å². The fourth-order valence-corrected chi connectivity index (χ4v) is 1.89. The maximum atomic E-state index is 11.6. The Kier molecular flexibility index (Phi) is 5.17. The number of hydroxylamine groups is 1. The Morgan fingerprint density at radius 3 is 2.89 bits per heavy atom. The quantitative estimate of drug-likeness (QED) is 0.814. The van der Waals surface area contributed by atoms with Gasteiger partial charge in [0.1, 0.15) is 0 Å². The monoisotopic (exact) mass is 249 g/mol. The average Bonchev–Trinajstić information content (AvgIpc) is 2.45. The van der Waals surface area contributed by atoms with Crippen molar-refractivity contribution in [3.8, 4) is 0 Å². The zero-order chi connectivity index (χ0) is 12.6. The highest BCUT2D eigenvalue weighted by atomic mass is 16.8. The first-order chi connectivity index (χ1) is 8.84. The lowest BCUT2D eigenvalue weighted by Gasteiger charge is -2.22. The number of aryl methyl sites for hydroxylation is 1. The van der Waals surface area contributed by atoms with Crippen LogP contribution in [0.15, 0.2) is 30.3 Å². The Bertz CT molecular complexity index is 361. The van der Waals surface area contributed by atoms with E-state index in [1.54, 1.807) is 0 Å². The predicted octanol–water partition coefficient (Wildman–Crippen LogP) is 2.19. The van der Waals surface area contributed by atoms with Gasteiger partial charge in [-0.3, -0.25) is 4.79 Å². The minimum Gasteiger partial charge on any atom is -0.350 e. The van der Waals surface area contributed by atoms with Crippen LogP contribution in [-0.2, 0) is 20.8 Å². The molecular weight excluding hydrogens is 230 g/mol. The van der Waals surface area contributed by atoms with Crippen molar-refractivity contribution in [3.05, 3.63) is 35.9 Å². The summed E-state index contributed by atoms with van der Waals surface area (Å²) in [6.45, 7) is 0.713. The van der Waals surface area contributed by atoms with Crippen molar-refractivity contribution in [2.24, 2.45) is 0 Å². The second-order valence-electron chi connectivity index (χ2n) is 4.42. The molecule has 18 heavy (non-hydrogen) atoms. The molecule has 2 rings (SSSR count). The molecule has 0 spiro atoms. The molecule has 1 heterocycles. The molecule has 1 aliphatic rings. The Morgan fingerprint density at radius 1 is 1.33 bits per heavy atom. The standard InChI is InChI=1S/C14H19NO3/c16-13(10-9-12-6-2-1-3-7-12)15-18-14-8-4-5-11-17-14/h1-3,6-7,14H,4-5,8-11H2,(H,15,16)/t14-/m0/s1. The third-order valence-corrected chi connectivity index (χ3v) is 2.93. The van der Waals surface area contributed by atoms with Crippen molar-refractivity contribution in [3.63, 3.8) is 0 Å². The van der Waals surface area contributed by atoms with Crippen LogP contribution in [0.3, 0.4) is 0 Å². The van der Waals surface area contributed by atoms with E-state index < -0.39 is 0 Å². The fourth-order valence-electron chi connectivity index (χ4n) is 1.89. The third-order valence-electron chi connectivity index (χ3n) is 2.93. The van der Waals surface area contributed by atoms with Crippen molar-refractivity contribution in [2.45, 2.75) is 38.4 Å². The highest BCUT2D eigenvalue weighted by molar-refractivity contribution is 5.75. The minimum atomic E-state index is -0.278. The molecule has 0 bridgehead atoms. The van der Waals surface area contributed by atoms with Gasteiger partial charge < -0.3 is 4.74 Å². The van der Waals surface area contributed by atoms with Crippen LogP contribution in [-0.4, -0.2) is 18.8 Å². The molecule has 0 saturated carbocycles. The van der Waals surface area contributed by atoms with Gasteiger partial charge in [0, 0.05) is 19.4 Å². The second kappa shape index (κ2) is 7.13. The van der Waals surface area contributed by atoms with Gasteiger partial charge in [0.2, 0.25) is 5.91 Å². The summed E-state index contributed by atoms with van der Waals surface area (Å²) in [5.41, 5.74) is 3.61. The summed E-state index contributed by atoms with van der Waals surface area (Å²) < 4.78 is 5.35. The molecule has 98 valence electrons. The highest BCUT2D eigenvalue weighted by Crippen LogP contribution is 2.12. The summed E-state index contributed by atoms with van der Waals surface area (Å²) in [4.78, 5) is 16.8. The molecule has 1 N–H and O–H groups in total. The zero-order valence-electron chi connectivity index (χ0n) is 10.4. The van der Waals surface area contributed by atoms with E-state index in [0.717, 1.165) is 31.2 Å². The highest BCUT2D eigenvalue weighted by Gasteiger charge is 2.15. The molecule has 1 atom stereocenters. The molecule has 0 unspecified atom stereocenters. The molecule has 1 fully saturated rings. The second-order valence-corrected chi connectivity index (χ2v) is 4.42. The molecule has 4 heteroatoms. The van der Waals surface area contributed by atoms with Crippen molar-refractivity contribution in [1.29, 1.82) is 0 Å². The molecule has 0 aliphatic carbocycles. The molecule has 0 aromatic heterocycles. The number of carbonyl (C=O) groups excluding carboxylic acids is 1. The molecular formula is C14H19NO3. The number of benzene rings is 1. The Balaban J connectivity index is 1.63. The summed E-state index contributed by atoms with van der Waals surface area (Å²) in [6, 6.07) is 9.93. The largest absolute Gasteiger partial charge is 0.350 e. The van der Waals surface area contributed by atoms with Crippen LogP contribution in [0.1, 0.15) is 31.2 Å². The molecule has 1 aromatic carbocycles. The van der Waals surface area contributed by atoms with Gasteiger partial charge in [-0.25, -0.2) is 10.3 Å². The van der Waals surface area contributed by atoms with Crippen molar-refractivity contribution < 1.29 is 14.4 Å². The number of ether oxygens (including phenoxy) is 1. The van der Waals surface area contributed by atoms with E-state index in [2.05, 4.69) is 5.48 Å². The Morgan fingerprint density at radius 2 is 2.17 bits per heavy atom. The van der Waals surface area contributed by atoms with Gasteiger partial charge in [-0.1, -0.05) is 30.3 Å². The molecule has 1 amide bonds. The first-order valence-electron chi connectivity index (χ1n) is 6.44. The Labute approximate surface area is 107 Å². The van der Waals surface area contributed by atoms with Crippen molar-refractivity contribution in [2.75, 3.05) is 6.61 Å². The van der Waals surface area contributed by atoms with Gasteiger partial charge in [0.05, 0.1) is 0 Å². The van der Waals surface area contributed by atoms with Crippen molar-refractivity contribution in [1.82, 2.24) is 5.48 Å². The van der Waals surface area contributed by atoms with Crippen LogP contribution in [0, 0.1) is 0 Å². The zero-order valence-corrected chi connectivity index (χ0v) is 10.4. The number of hydrogen-bond donors (Lipinski definition) is 1. The minimum absolute atomic E-state index is 0.104. The van der Waals surface area contributed by atoms with Gasteiger partial charge in [0.15, 0.2) is 6.29 Å². The number of rotatable bonds is 5. The summed E-state index contributed by atoms with van der Waals surface area (Å²) in [6.07, 6.45) is 3.88. The van der Waals surface area contributed by atoms with E-state index in [1.807, 2.05) is 30.3 Å². The number of carbonyl (C=O) groups is 1. The van der Waals surface area contributed by atoms with Crippen LogP contribution in [0.5, 0.6) is 0 Å². The molecule has 0 radical (unpaired) electrons. The maximum Gasteiger partial charge on any atom is 0.243 e. The lowest BCUT2D eigenvalue weighted by atomic mass is 10.1. The smallest absolute Gasteiger partial charge is 0.243 e. The van der Waals surface area contributed by atoms with E-state index in [0.29, 0.717) is 13.0 Å². The number of nitrogens with one attached hydrogen (secondary N) is 1. The first-order valence-corrected chi connectivity index (χ1v) is 6.44. The summed E-state index contributed by atoms with van der Waals surface area (Å²) in [5.74, 6) is -0.104. The van der Waals surface area contributed by atoms with E-state index >= 15 is 0 Å². The van der Waals surface area contributed by atoms with Crippen molar-refractivity contribution >= 4 is 5.91 Å².